The molecule has 1 aliphatic rings. The normalized spacial score (nSPS) is 13.1. The fourth-order valence-electron chi connectivity index (χ4n) is 4.01. The Balaban J connectivity index is 1.49. The van der Waals surface area contributed by atoms with Gasteiger partial charge in [0.15, 0.2) is 0 Å². The van der Waals surface area contributed by atoms with E-state index >= 15 is 0 Å². The van der Waals surface area contributed by atoms with Crippen LogP contribution in [0.2, 0.25) is 0 Å². The highest BCUT2D eigenvalue weighted by molar-refractivity contribution is 7.92. The lowest BCUT2D eigenvalue weighted by atomic mass is 9.98. The first-order valence-electron chi connectivity index (χ1n) is 10.7. The quantitative estimate of drug-likeness (QED) is 0.517. The number of sulfonamides is 1. The van der Waals surface area contributed by atoms with Crippen molar-refractivity contribution in [3.05, 3.63) is 83.9 Å². The van der Waals surface area contributed by atoms with E-state index in [2.05, 4.69) is 28.8 Å². The lowest BCUT2D eigenvalue weighted by Crippen LogP contribution is -2.30. The first kappa shape index (κ1) is 22.0. The number of fused-ring (bicyclic) bond motifs is 1. The number of nitrogens with one attached hydrogen (secondary N) is 2. The van der Waals surface area contributed by atoms with Gasteiger partial charge in [-0.1, -0.05) is 54.6 Å². The van der Waals surface area contributed by atoms with Crippen molar-refractivity contribution in [2.75, 3.05) is 23.9 Å². The molecule has 0 fully saturated rings. The first-order chi connectivity index (χ1) is 15.5. The number of amides is 1. The SMILES string of the molecule is CC(=O)NCCNCc1ccc(S(=O)(=O)N2CCc3c(-c4ccccc4)cccc32)cc1. The van der Waals surface area contributed by atoms with E-state index in [1.807, 2.05) is 42.5 Å². The summed E-state index contributed by atoms with van der Waals surface area (Å²) in [6, 6.07) is 22.9. The van der Waals surface area contributed by atoms with Crippen LogP contribution in [0.15, 0.2) is 77.7 Å². The smallest absolute Gasteiger partial charge is 0.264 e. The summed E-state index contributed by atoms with van der Waals surface area (Å²) >= 11 is 0. The van der Waals surface area contributed by atoms with Gasteiger partial charge >= 0.3 is 0 Å². The minimum atomic E-state index is -3.64. The van der Waals surface area contributed by atoms with Crippen LogP contribution in [0.5, 0.6) is 0 Å². The van der Waals surface area contributed by atoms with E-state index in [4.69, 9.17) is 0 Å². The summed E-state index contributed by atoms with van der Waals surface area (Å²) < 4.78 is 28.3. The van der Waals surface area contributed by atoms with Gasteiger partial charge in [-0.25, -0.2) is 8.42 Å². The molecule has 6 nitrogen and oxygen atoms in total. The first-order valence-corrected chi connectivity index (χ1v) is 12.1. The molecule has 0 spiro atoms. The number of nitrogens with zero attached hydrogens (tertiary/aromatic N) is 1. The molecule has 32 heavy (non-hydrogen) atoms. The Labute approximate surface area is 189 Å². The molecule has 0 unspecified atom stereocenters. The largest absolute Gasteiger partial charge is 0.355 e. The van der Waals surface area contributed by atoms with Crippen LogP contribution in [0.25, 0.3) is 11.1 Å². The van der Waals surface area contributed by atoms with Gasteiger partial charge in [0.1, 0.15) is 0 Å². The Morgan fingerprint density at radius 2 is 1.69 bits per heavy atom. The summed E-state index contributed by atoms with van der Waals surface area (Å²) in [6.07, 6.45) is 0.690. The molecule has 0 aromatic heterocycles. The molecule has 4 rings (SSSR count). The third-order valence-electron chi connectivity index (χ3n) is 5.59. The van der Waals surface area contributed by atoms with Crippen LogP contribution in [0.3, 0.4) is 0 Å². The molecule has 1 aliphatic heterocycles. The predicted octanol–water partition coefficient (Wildman–Crippen LogP) is 3.33. The van der Waals surface area contributed by atoms with Crippen molar-refractivity contribution in [3.63, 3.8) is 0 Å². The van der Waals surface area contributed by atoms with Crippen LogP contribution in [0, 0.1) is 0 Å². The van der Waals surface area contributed by atoms with Crippen LogP contribution in [0.4, 0.5) is 5.69 Å². The number of carbonyl (C=O) groups is 1. The molecule has 3 aromatic rings. The van der Waals surface area contributed by atoms with Crippen molar-refractivity contribution < 1.29 is 13.2 Å². The van der Waals surface area contributed by atoms with Crippen molar-refractivity contribution in [2.24, 2.45) is 0 Å². The van der Waals surface area contributed by atoms with Gasteiger partial charge in [-0.3, -0.25) is 9.10 Å². The van der Waals surface area contributed by atoms with Crippen molar-refractivity contribution in [1.29, 1.82) is 0 Å². The molecule has 0 bridgehead atoms. The topological polar surface area (TPSA) is 78.5 Å². The van der Waals surface area contributed by atoms with Crippen LogP contribution < -0.4 is 14.9 Å². The zero-order valence-electron chi connectivity index (χ0n) is 18.0. The fraction of sp³-hybridized carbons (Fsp3) is 0.240. The van der Waals surface area contributed by atoms with Crippen LogP contribution in [-0.4, -0.2) is 34.0 Å². The van der Waals surface area contributed by atoms with Crippen molar-refractivity contribution >= 4 is 21.6 Å². The van der Waals surface area contributed by atoms with E-state index in [1.54, 1.807) is 12.1 Å². The third kappa shape index (κ3) is 4.69. The summed E-state index contributed by atoms with van der Waals surface area (Å²) in [5.41, 5.74) is 5.00. The highest BCUT2D eigenvalue weighted by atomic mass is 32.2. The number of rotatable bonds is 8. The maximum absolute atomic E-state index is 13.4. The summed E-state index contributed by atoms with van der Waals surface area (Å²) in [6.45, 7) is 3.73. The van der Waals surface area contributed by atoms with Crippen molar-refractivity contribution in [1.82, 2.24) is 10.6 Å². The van der Waals surface area contributed by atoms with E-state index in [1.165, 1.54) is 11.2 Å². The molecule has 3 aromatic carbocycles. The summed E-state index contributed by atoms with van der Waals surface area (Å²) in [4.78, 5) is 11.2. The van der Waals surface area contributed by atoms with Gasteiger partial charge in [-0.2, -0.15) is 0 Å². The lowest BCUT2D eigenvalue weighted by Gasteiger charge is -2.20. The molecule has 2 N–H and O–H groups in total. The third-order valence-corrected chi connectivity index (χ3v) is 7.41. The van der Waals surface area contributed by atoms with Crippen LogP contribution >= 0.6 is 0 Å². The summed E-state index contributed by atoms with van der Waals surface area (Å²) in [7, 11) is -3.64. The van der Waals surface area contributed by atoms with E-state index < -0.39 is 10.0 Å². The molecule has 0 radical (unpaired) electrons. The second-order valence-electron chi connectivity index (χ2n) is 7.80. The van der Waals surface area contributed by atoms with Crippen molar-refractivity contribution in [2.45, 2.75) is 24.8 Å². The van der Waals surface area contributed by atoms with Crippen LogP contribution in [0.1, 0.15) is 18.1 Å². The predicted molar refractivity (Wildman–Crippen MR) is 127 cm³/mol. The van der Waals surface area contributed by atoms with E-state index in [-0.39, 0.29) is 10.8 Å². The Bertz CT molecular complexity index is 1190. The lowest BCUT2D eigenvalue weighted by molar-refractivity contribution is -0.118. The molecule has 7 heteroatoms. The van der Waals surface area contributed by atoms with E-state index in [0.29, 0.717) is 32.6 Å². The molecule has 0 atom stereocenters. The van der Waals surface area contributed by atoms with Gasteiger partial charge in [0.2, 0.25) is 5.91 Å². The Hall–Kier alpha value is -3.16. The van der Waals surface area contributed by atoms with Crippen LogP contribution in [-0.2, 0) is 27.8 Å². The maximum Gasteiger partial charge on any atom is 0.264 e. The summed E-state index contributed by atoms with van der Waals surface area (Å²) in [5.74, 6) is -0.0549. The van der Waals surface area contributed by atoms with E-state index in [0.717, 1.165) is 27.9 Å². The molecular weight excluding hydrogens is 422 g/mol. The second-order valence-corrected chi connectivity index (χ2v) is 9.66. The molecule has 0 saturated heterocycles. The van der Waals surface area contributed by atoms with Gasteiger partial charge in [-0.15, -0.1) is 0 Å². The molecule has 1 amide bonds. The van der Waals surface area contributed by atoms with Gasteiger partial charge < -0.3 is 10.6 Å². The number of hydrogen-bond acceptors (Lipinski definition) is 4. The number of hydrogen-bond donors (Lipinski definition) is 2. The minimum Gasteiger partial charge on any atom is -0.355 e. The van der Waals surface area contributed by atoms with Crippen molar-refractivity contribution in [3.8, 4) is 11.1 Å². The Morgan fingerprint density at radius 1 is 0.938 bits per heavy atom. The van der Waals surface area contributed by atoms with E-state index in [9.17, 15) is 13.2 Å². The second kappa shape index (κ2) is 9.54. The minimum absolute atomic E-state index is 0.0549. The molecule has 1 heterocycles. The van der Waals surface area contributed by atoms with Gasteiger partial charge in [0.25, 0.3) is 10.0 Å². The summed E-state index contributed by atoms with van der Waals surface area (Å²) in [5, 5.41) is 5.96. The number of anilines is 1. The molecule has 0 aliphatic carbocycles. The number of benzene rings is 3. The van der Waals surface area contributed by atoms with Gasteiger partial charge in [-0.05, 0) is 46.9 Å². The molecule has 0 saturated carbocycles. The average Bonchev–Trinajstić information content (AvgIpc) is 3.25. The molecular formula is C25H27N3O3S. The zero-order chi connectivity index (χ0) is 22.6. The highest BCUT2D eigenvalue weighted by Gasteiger charge is 2.32. The fourth-order valence-corrected chi connectivity index (χ4v) is 5.50. The van der Waals surface area contributed by atoms with Gasteiger partial charge in [0.05, 0.1) is 10.6 Å². The molecule has 166 valence electrons. The standard InChI is InChI=1S/C25H27N3O3S/c1-19(29)27-16-15-26-18-20-10-12-22(13-11-20)32(30,31)28-17-14-24-23(8-5-9-25(24)28)21-6-3-2-4-7-21/h2-13,26H,14-18H2,1H3,(H,27,29). The monoisotopic (exact) mass is 449 g/mol. The Kier molecular flexibility index (Phi) is 6.58. The number of carbonyl (C=O) groups excluding carboxylic acids is 1. The zero-order valence-corrected chi connectivity index (χ0v) is 18.9. The van der Waals surface area contributed by atoms with Gasteiger partial charge in [0, 0.05) is 33.1 Å². The highest BCUT2D eigenvalue weighted by Crippen LogP contribution is 2.38. The maximum atomic E-state index is 13.4. The Morgan fingerprint density at radius 3 is 2.41 bits per heavy atom. The average molecular weight is 450 g/mol.